The van der Waals surface area contributed by atoms with Crippen LogP contribution in [0, 0.1) is 0 Å². The van der Waals surface area contributed by atoms with E-state index in [0.29, 0.717) is 5.69 Å². The summed E-state index contributed by atoms with van der Waals surface area (Å²) in [6.07, 6.45) is 0.876. The summed E-state index contributed by atoms with van der Waals surface area (Å²) in [5.41, 5.74) is 0.468. The second-order valence-corrected chi connectivity index (χ2v) is 2.56. The molecule has 0 unspecified atom stereocenters. The molecule has 0 aliphatic rings. The van der Waals surface area contributed by atoms with E-state index in [1.165, 1.54) is 26.6 Å². The van der Waals surface area contributed by atoms with Crippen LogP contribution in [0.15, 0.2) is 12.4 Å². The average molecular weight is 213 g/mol. The molecule has 2 N–H and O–H groups in total. The molecule has 0 aliphatic heterocycles. The van der Waals surface area contributed by atoms with Gasteiger partial charge in [0.25, 0.3) is 0 Å². The van der Waals surface area contributed by atoms with Gasteiger partial charge in [-0.05, 0) is 0 Å². The van der Waals surface area contributed by atoms with Crippen LogP contribution in [0.4, 0.5) is 10.6 Å². The molecule has 1 amide bonds. The predicted octanol–water partition coefficient (Wildman–Crippen LogP) is 0.858. The minimum Gasteiger partial charge on any atom is -0.465 e. The number of carbonyl (C=O) groups is 1. The van der Waals surface area contributed by atoms with Crippen molar-refractivity contribution in [3.05, 3.63) is 18.1 Å². The van der Waals surface area contributed by atoms with Crippen LogP contribution in [0.5, 0.6) is 0 Å². The Kier molecular flexibility index (Phi) is 3.95. The molecule has 1 heterocycles. The lowest BCUT2D eigenvalue weighted by atomic mass is 10.4. The molecule has 15 heavy (non-hydrogen) atoms. The number of rotatable bonds is 4. The van der Waals surface area contributed by atoms with Gasteiger partial charge in [0.15, 0.2) is 5.82 Å². The number of anilines is 1. The van der Waals surface area contributed by atoms with Crippen LogP contribution in [0.1, 0.15) is 12.0 Å². The van der Waals surface area contributed by atoms with Gasteiger partial charge in [-0.15, -0.1) is 0 Å². The molecule has 0 aliphatic carbocycles. The van der Waals surface area contributed by atoms with Gasteiger partial charge in [-0.3, -0.25) is 10.3 Å². The van der Waals surface area contributed by atoms with Crippen molar-refractivity contribution in [2.24, 2.45) is 0 Å². The van der Waals surface area contributed by atoms with Gasteiger partial charge in [0, 0.05) is 14.2 Å². The Morgan fingerprint density at radius 3 is 2.47 bits per heavy atom. The van der Waals surface area contributed by atoms with Crippen molar-refractivity contribution < 1.29 is 19.4 Å². The number of hydrogen-bond donors (Lipinski definition) is 2. The Hall–Kier alpha value is -1.73. The van der Waals surface area contributed by atoms with Crippen LogP contribution in [0.25, 0.3) is 0 Å². The van der Waals surface area contributed by atoms with Crippen LogP contribution in [0.2, 0.25) is 0 Å². The highest BCUT2D eigenvalue weighted by molar-refractivity contribution is 5.80. The first-order chi connectivity index (χ1) is 7.17. The first-order valence-electron chi connectivity index (χ1n) is 4.05. The molecule has 1 aromatic rings. The normalized spacial score (nSPS) is 10.3. The van der Waals surface area contributed by atoms with Crippen LogP contribution in [-0.4, -0.2) is 35.4 Å². The lowest BCUT2D eigenvalue weighted by molar-refractivity contribution is -0.108. The summed E-state index contributed by atoms with van der Waals surface area (Å²) in [5, 5.41) is 10.5. The fourth-order valence-corrected chi connectivity index (χ4v) is 0.972. The van der Waals surface area contributed by atoms with Gasteiger partial charge in [0.2, 0.25) is 6.29 Å². The Bertz CT molecular complexity index is 323. The molecule has 0 atom stereocenters. The predicted molar refractivity (Wildman–Crippen MR) is 50.4 cm³/mol. The molecule has 0 saturated carbocycles. The summed E-state index contributed by atoms with van der Waals surface area (Å²) in [6, 6.07) is 0. The van der Waals surface area contributed by atoms with E-state index in [2.05, 4.69) is 15.3 Å². The molecule has 0 saturated heterocycles. The van der Waals surface area contributed by atoms with E-state index in [-0.39, 0.29) is 5.82 Å². The Morgan fingerprint density at radius 2 is 2.07 bits per heavy atom. The van der Waals surface area contributed by atoms with Gasteiger partial charge >= 0.3 is 6.09 Å². The summed E-state index contributed by atoms with van der Waals surface area (Å²) in [7, 11) is 2.94. The maximum absolute atomic E-state index is 10.3. The van der Waals surface area contributed by atoms with Crippen molar-refractivity contribution in [2.45, 2.75) is 6.29 Å². The number of hydrogen-bond acceptors (Lipinski definition) is 5. The molecule has 7 nitrogen and oxygen atoms in total. The number of ether oxygens (including phenoxy) is 2. The standard InChI is InChI=1S/C8H11N3O4/c1-14-7(15-2)5-3-10-6(4-9-5)11-8(12)13/h3-4,7H,1-2H3,(H,10,11)(H,12,13). The lowest BCUT2D eigenvalue weighted by Gasteiger charge is -2.11. The van der Waals surface area contributed by atoms with Crippen molar-refractivity contribution in [1.29, 1.82) is 0 Å². The van der Waals surface area contributed by atoms with E-state index >= 15 is 0 Å². The monoisotopic (exact) mass is 213 g/mol. The summed E-state index contributed by atoms with van der Waals surface area (Å²) < 4.78 is 9.89. The molecule has 0 spiro atoms. The van der Waals surface area contributed by atoms with Crippen molar-refractivity contribution in [3.63, 3.8) is 0 Å². The zero-order valence-electron chi connectivity index (χ0n) is 8.30. The number of amides is 1. The zero-order valence-corrected chi connectivity index (χ0v) is 8.30. The van der Waals surface area contributed by atoms with Gasteiger partial charge < -0.3 is 14.6 Å². The molecule has 7 heteroatoms. The zero-order chi connectivity index (χ0) is 11.3. The maximum Gasteiger partial charge on any atom is 0.410 e. The topological polar surface area (TPSA) is 93.6 Å². The number of nitrogens with zero attached hydrogens (tertiary/aromatic N) is 2. The van der Waals surface area contributed by atoms with Crippen molar-refractivity contribution >= 4 is 11.9 Å². The molecule has 0 radical (unpaired) electrons. The second kappa shape index (κ2) is 5.23. The highest BCUT2D eigenvalue weighted by Gasteiger charge is 2.11. The van der Waals surface area contributed by atoms with Gasteiger partial charge in [0.1, 0.15) is 5.69 Å². The van der Waals surface area contributed by atoms with Gasteiger partial charge in [-0.1, -0.05) is 0 Å². The van der Waals surface area contributed by atoms with Crippen molar-refractivity contribution in [1.82, 2.24) is 9.97 Å². The number of aromatic nitrogens is 2. The highest BCUT2D eigenvalue weighted by atomic mass is 16.7. The van der Waals surface area contributed by atoms with Crippen LogP contribution < -0.4 is 5.32 Å². The third-order valence-electron chi connectivity index (χ3n) is 1.58. The quantitative estimate of drug-likeness (QED) is 0.720. The summed E-state index contributed by atoms with van der Waals surface area (Å²) in [4.78, 5) is 18.0. The molecule has 82 valence electrons. The number of carboxylic acid groups (broad SMARTS) is 1. The van der Waals surface area contributed by atoms with Gasteiger partial charge in [-0.25, -0.2) is 9.78 Å². The molecule has 0 fully saturated rings. The summed E-state index contributed by atoms with van der Waals surface area (Å²) in [5.74, 6) is 0.150. The molecule has 0 bridgehead atoms. The smallest absolute Gasteiger partial charge is 0.410 e. The van der Waals surface area contributed by atoms with Crippen LogP contribution in [-0.2, 0) is 9.47 Å². The Morgan fingerprint density at radius 1 is 1.40 bits per heavy atom. The van der Waals surface area contributed by atoms with Gasteiger partial charge in [0.05, 0.1) is 12.4 Å². The second-order valence-electron chi connectivity index (χ2n) is 2.56. The van der Waals surface area contributed by atoms with Crippen molar-refractivity contribution in [3.8, 4) is 0 Å². The number of nitrogens with one attached hydrogen (secondary N) is 1. The summed E-state index contributed by atoms with van der Waals surface area (Å²) >= 11 is 0. The van der Waals surface area contributed by atoms with E-state index in [9.17, 15) is 4.79 Å². The van der Waals surface area contributed by atoms with Crippen LogP contribution >= 0.6 is 0 Å². The molecular formula is C8H11N3O4. The maximum atomic E-state index is 10.3. The molecule has 0 aromatic carbocycles. The van der Waals surface area contributed by atoms with E-state index in [4.69, 9.17) is 14.6 Å². The summed E-state index contributed by atoms with van der Waals surface area (Å²) in [6.45, 7) is 0. The Balaban J connectivity index is 2.75. The Labute approximate surface area is 86.1 Å². The highest BCUT2D eigenvalue weighted by Crippen LogP contribution is 2.14. The van der Waals surface area contributed by atoms with E-state index in [1.54, 1.807) is 0 Å². The minimum absolute atomic E-state index is 0.150. The van der Waals surface area contributed by atoms with Crippen molar-refractivity contribution in [2.75, 3.05) is 19.5 Å². The van der Waals surface area contributed by atoms with E-state index < -0.39 is 12.4 Å². The fourth-order valence-electron chi connectivity index (χ4n) is 0.972. The third kappa shape index (κ3) is 3.15. The van der Waals surface area contributed by atoms with E-state index in [1.807, 2.05) is 0 Å². The number of methoxy groups -OCH3 is 2. The molecule has 1 aromatic heterocycles. The first kappa shape index (κ1) is 11.3. The SMILES string of the molecule is COC(OC)c1cnc(NC(=O)O)cn1. The largest absolute Gasteiger partial charge is 0.465 e. The van der Waals surface area contributed by atoms with E-state index in [0.717, 1.165) is 0 Å². The first-order valence-corrected chi connectivity index (χ1v) is 4.05. The van der Waals surface area contributed by atoms with Crippen LogP contribution in [0.3, 0.4) is 0 Å². The molecule has 1 rings (SSSR count). The van der Waals surface area contributed by atoms with Gasteiger partial charge in [-0.2, -0.15) is 0 Å². The molecular weight excluding hydrogens is 202 g/mol. The lowest BCUT2D eigenvalue weighted by Crippen LogP contribution is -2.11. The third-order valence-corrected chi connectivity index (χ3v) is 1.58. The minimum atomic E-state index is -1.19. The average Bonchev–Trinajstić information content (AvgIpc) is 2.21. The fraction of sp³-hybridized carbons (Fsp3) is 0.375.